The Morgan fingerprint density at radius 2 is 1.80 bits per heavy atom. The van der Waals surface area contributed by atoms with Crippen LogP contribution in [0.5, 0.6) is 5.88 Å². The van der Waals surface area contributed by atoms with Crippen molar-refractivity contribution in [3.05, 3.63) is 83.3 Å². The largest absolute Gasteiger partial charge is 0.478 e. The molecule has 41 heavy (non-hydrogen) atoms. The number of carboxylic acids is 1. The molecule has 1 fully saturated rings. The number of methoxy groups -OCH3 is 1. The Kier molecular flexibility index (Phi) is 8.67. The predicted molar refractivity (Wildman–Crippen MR) is 154 cm³/mol. The van der Waals surface area contributed by atoms with Crippen LogP contribution in [0, 0.1) is 0 Å². The molecule has 1 aliphatic heterocycles. The number of pyridine rings is 1. The maximum Gasteiger partial charge on any atom is 0.335 e. The van der Waals surface area contributed by atoms with E-state index in [9.17, 15) is 18.3 Å². The molecule has 0 radical (unpaired) electrons. The van der Waals surface area contributed by atoms with Crippen LogP contribution in [0.25, 0.3) is 11.0 Å². The molecule has 0 spiro atoms. The predicted octanol–water partition coefficient (Wildman–Crippen LogP) is 4.14. The van der Waals surface area contributed by atoms with Crippen molar-refractivity contribution in [2.24, 2.45) is 0 Å². The molecule has 5 rings (SSSR count). The van der Waals surface area contributed by atoms with Crippen LogP contribution in [0.1, 0.15) is 46.2 Å². The summed E-state index contributed by atoms with van der Waals surface area (Å²) >= 11 is 0. The summed E-state index contributed by atoms with van der Waals surface area (Å²) in [5.41, 5.74) is 3.70. The van der Waals surface area contributed by atoms with Crippen LogP contribution in [-0.4, -0.2) is 72.0 Å². The second-order valence-electron chi connectivity index (χ2n) is 10.3. The number of benzene rings is 2. The van der Waals surface area contributed by atoms with Gasteiger partial charge in [0.05, 0.1) is 34.6 Å². The van der Waals surface area contributed by atoms with Crippen molar-refractivity contribution in [1.82, 2.24) is 19.4 Å². The van der Waals surface area contributed by atoms with Gasteiger partial charge in [-0.05, 0) is 67.9 Å². The zero-order valence-electron chi connectivity index (χ0n) is 23.2. The average molecular weight is 579 g/mol. The second-order valence-corrected chi connectivity index (χ2v) is 12.4. The van der Waals surface area contributed by atoms with Gasteiger partial charge >= 0.3 is 5.97 Å². The molecular weight excluding hydrogens is 544 g/mol. The summed E-state index contributed by atoms with van der Waals surface area (Å²) in [5.74, 6) is 0.802. The monoisotopic (exact) mass is 578 g/mol. The number of nitrogens with zero attached hydrogens (tertiary/aromatic N) is 4. The maximum atomic E-state index is 11.7. The SMILES string of the molecule is COCCn1c(CN2CCC(c3cccc(OCc4ccc(S(C)(=O)=O)cc4)n3)CC2)nc2ccc(C(=O)O)cc21. The van der Waals surface area contributed by atoms with E-state index in [0.29, 0.717) is 38.1 Å². The van der Waals surface area contributed by atoms with Crippen molar-refractivity contribution in [3.8, 4) is 5.88 Å². The first kappa shape index (κ1) is 28.7. The van der Waals surface area contributed by atoms with E-state index in [0.717, 1.165) is 54.0 Å². The van der Waals surface area contributed by atoms with E-state index in [1.165, 1.54) is 6.26 Å². The zero-order valence-corrected chi connectivity index (χ0v) is 24.0. The van der Waals surface area contributed by atoms with Crippen molar-refractivity contribution in [3.63, 3.8) is 0 Å². The van der Waals surface area contributed by atoms with E-state index in [2.05, 4.69) is 9.47 Å². The lowest BCUT2D eigenvalue weighted by Gasteiger charge is -2.31. The van der Waals surface area contributed by atoms with Crippen LogP contribution in [0.4, 0.5) is 0 Å². The highest BCUT2D eigenvalue weighted by Crippen LogP contribution is 2.29. The minimum Gasteiger partial charge on any atom is -0.478 e. The molecule has 2 aromatic heterocycles. The van der Waals surface area contributed by atoms with Gasteiger partial charge in [-0.2, -0.15) is 0 Å². The molecule has 1 N–H and O–H groups in total. The number of ether oxygens (including phenoxy) is 2. The molecule has 2 aromatic carbocycles. The number of rotatable bonds is 11. The number of carbonyl (C=O) groups is 1. The number of carboxylic acid groups (broad SMARTS) is 1. The zero-order chi connectivity index (χ0) is 29.0. The van der Waals surface area contributed by atoms with Crippen molar-refractivity contribution >= 4 is 26.8 Å². The summed E-state index contributed by atoms with van der Waals surface area (Å²) in [6.45, 7) is 3.85. The van der Waals surface area contributed by atoms with Gasteiger partial charge in [-0.3, -0.25) is 4.90 Å². The number of fused-ring (bicyclic) bond motifs is 1. The van der Waals surface area contributed by atoms with Gasteiger partial charge in [-0.25, -0.2) is 23.2 Å². The number of aromatic carboxylic acids is 1. The summed E-state index contributed by atoms with van der Waals surface area (Å²) in [6.07, 6.45) is 3.09. The topological polar surface area (TPSA) is 124 Å². The van der Waals surface area contributed by atoms with E-state index >= 15 is 0 Å². The minimum absolute atomic E-state index is 0.243. The lowest BCUT2D eigenvalue weighted by Crippen LogP contribution is -2.33. The lowest BCUT2D eigenvalue weighted by molar-refractivity contribution is 0.0697. The van der Waals surface area contributed by atoms with Crippen LogP contribution in [-0.2, 0) is 34.3 Å². The number of piperidine rings is 1. The third-order valence-corrected chi connectivity index (χ3v) is 8.58. The molecule has 0 unspecified atom stereocenters. The van der Waals surface area contributed by atoms with E-state index in [-0.39, 0.29) is 10.5 Å². The van der Waals surface area contributed by atoms with E-state index < -0.39 is 15.8 Å². The molecule has 4 aromatic rings. The fourth-order valence-electron chi connectivity index (χ4n) is 5.17. The number of aromatic nitrogens is 3. The van der Waals surface area contributed by atoms with E-state index in [4.69, 9.17) is 19.4 Å². The highest BCUT2D eigenvalue weighted by atomic mass is 32.2. The second kappa shape index (κ2) is 12.4. The van der Waals surface area contributed by atoms with Gasteiger partial charge in [0.1, 0.15) is 12.4 Å². The molecule has 1 saturated heterocycles. The first-order valence-corrected chi connectivity index (χ1v) is 15.4. The maximum absolute atomic E-state index is 11.7. The summed E-state index contributed by atoms with van der Waals surface area (Å²) in [4.78, 5) is 23.8. The van der Waals surface area contributed by atoms with Gasteiger partial charge in [-0.1, -0.05) is 18.2 Å². The molecule has 0 bridgehead atoms. The molecule has 0 aliphatic carbocycles. The Balaban J connectivity index is 1.21. The summed E-state index contributed by atoms with van der Waals surface area (Å²) in [7, 11) is -1.58. The number of imidazole rings is 1. The lowest BCUT2D eigenvalue weighted by atomic mass is 9.93. The highest BCUT2D eigenvalue weighted by molar-refractivity contribution is 7.90. The standard InChI is InChI=1S/C30H34N4O6S/c1-39-17-16-34-27-18-23(30(35)36)8-11-26(27)31-28(34)19-33-14-12-22(13-15-33)25-4-3-5-29(32-25)40-20-21-6-9-24(10-7-21)41(2,37)38/h3-11,18,22H,12-17,19-20H2,1-2H3,(H,35,36). The minimum atomic E-state index is -3.23. The normalized spacial score (nSPS) is 14.9. The summed E-state index contributed by atoms with van der Waals surface area (Å²) in [6, 6.07) is 17.6. The van der Waals surface area contributed by atoms with Crippen LogP contribution < -0.4 is 4.74 Å². The third-order valence-electron chi connectivity index (χ3n) is 7.45. The molecule has 10 nitrogen and oxygen atoms in total. The number of hydrogen-bond acceptors (Lipinski definition) is 8. The van der Waals surface area contributed by atoms with Crippen LogP contribution in [0.2, 0.25) is 0 Å². The molecule has 3 heterocycles. The van der Waals surface area contributed by atoms with Gasteiger partial charge in [0.2, 0.25) is 5.88 Å². The Hall–Kier alpha value is -3.80. The van der Waals surface area contributed by atoms with Gasteiger partial charge in [-0.15, -0.1) is 0 Å². The van der Waals surface area contributed by atoms with Gasteiger partial charge in [0, 0.05) is 37.6 Å². The van der Waals surface area contributed by atoms with Gasteiger partial charge in [0.25, 0.3) is 0 Å². The van der Waals surface area contributed by atoms with Crippen LogP contribution in [0.3, 0.4) is 0 Å². The molecular formula is C30H34N4O6S. The molecule has 216 valence electrons. The smallest absolute Gasteiger partial charge is 0.335 e. The first-order valence-electron chi connectivity index (χ1n) is 13.5. The highest BCUT2D eigenvalue weighted by Gasteiger charge is 2.24. The summed E-state index contributed by atoms with van der Waals surface area (Å²) in [5, 5.41) is 9.44. The molecule has 1 aliphatic rings. The van der Waals surface area contributed by atoms with Gasteiger partial charge < -0.3 is 19.1 Å². The van der Waals surface area contributed by atoms with Crippen LogP contribution in [0.15, 0.2) is 65.6 Å². The van der Waals surface area contributed by atoms with E-state index in [1.807, 2.05) is 18.2 Å². The summed E-state index contributed by atoms with van der Waals surface area (Å²) < 4.78 is 36.6. The van der Waals surface area contributed by atoms with Crippen molar-refractivity contribution < 1.29 is 27.8 Å². The Morgan fingerprint density at radius 3 is 2.49 bits per heavy atom. The third kappa shape index (κ3) is 6.92. The quantitative estimate of drug-likeness (QED) is 0.280. The molecule has 11 heteroatoms. The van der Waals surface area contributed by atoms with Crippen molar-refractivity contribution in [2.75, 3.05) is 33.1 Å². The fourth-order valence-corrected chi connectivity index (χ4v) is 5.80. The molecule has 0 saturated carbocycles. The van der Waals surface area contributed by atoms with Gasteiger partial charge in [0.15, 0.2) is 9.84 Å². The Labute approximate surface area is 239 Å². The van der Waals surface area contributed by atoms with Crippen LogP contribution >= 0.6 is 0 Å². The molecule has 0 amide bonds. The Bertz CT molecular complexity index is 1630. The molecule has 0 atom stereocenters. The van der Waals surface area contributed by atoms with Crippen molar-refractivity contribution in [2.45, 2.75) is 43.4 Å². The number of likely N-dealkylation sites (tertiary alicyclic amines) is 1. The number of hydrogen-bond donors (Lipinski definition) is 1. The average Bonchev–Trinajstić information content (AvgIpc) is 3.31. The van der Waals surface area contributed by atoms with E-state index in [1.54, 1.807) is 49.6 Å². The number of sulfone groups is 1. The Morgan fingerprint density at radius 1 is 1.05 bits per heavy atom. The fraction of sp³-hybridized carbons (Fsp3) is 0.367. The first-order chi connectivity index (χ1) is 19.7. The van der Waals surface area contributed by atoms with Crippen molar-refractivity contribution in [1.29, 1.82) is 0 Å².